The standard InChI is InChI=1S/C11H6Br2F3N/c12-8-4-1-3-7(11(14,15)16)10(8)17-6-2-5-9(17)13/h1-6H. The van der Waals surface area contributed by atoms with Gasteiger partial charge in [-0.05, 0) is 56.1 Å². The van der Waals surface area contributed by atoms with E-state index < -0.39 is 11.7 Å². The maximum atomic E-state index is 12.9. The summed E-state index contributed by atoms with van der Waals surface area (Å²) in [6.07, 6.45) is -2.82. The summed E-state index contributed by atoms with van der Waals surface area (Å²) < 4.78 is 41.1. The molecule has 0 unspecified atom stereocenters. The molecule has 1 aromatic carbocycles. The zero-order chi connectivity index (χ0) is 12.6. The lowest BCUT2D eigenvalue weighted by Crippen LogP contribution is -2.11. The summed E-state index contributed by atoms with van der Waals surface area (Å²) in [4.78, 5) is 0. The van der Waals surface area contributed by atoms with E-state index in [4.69, 9.17) is 0 Å². The summed E-state index contributed by atoms with van der Waals surface area (Å²) in [6.45, 7) is 0. The first-order valence-corrected chi connectivity index (χ1v) is 6.19. The Balaban J connectivity index is 2.73. The van der Waals surface area contributed by atoms with Gasteiger partial charge in [-0.3, -0.25) is 0 Å². The van der Waals surface area contributed by atoms with Crippen LogP contribution >= 0.6 is 31.9 Å². The number of halogens is 5. The van der Waals surface area contributed by atoms with Crippen molar-refractivity contribution in [1.29, 1.82) is 0 Å². The van der Waals surface area contributed by atoms with Crippen molar-refractivity contribution in [3.8, 4) is 5.69 Å². The first-order chi connectivity index (χ1) is 7.91. The smallest absolute Gasteiger partial charge is 0.309 e. The van der Waals surface area contributed by atoms with E-state index in [0.29, 0.717) is 9.08 Å². The number of benzene rings is 1. The average molecular weight is 369 g/mol. The van der Waals surface area contributed by atoms with Crippen LogP contribution in [-0.2, 0) is 6.18 Å². The molecule has 0 radical (unpaired) electrons. The summed E-state index contributed by atoms with van der Waals surface area (Å²) in [5, 5.41) is 0. The van der Waals surface area contributed by atoms with Crippen molar-refractivity contribution in [2.75, 3.05) is 0 Å². The van der Waals surface area contributed by atoms with Crippen LogP contribution in [0, 0.1) is 0 Å². The van der Waals surface area contributed by atoms with Gasteiger partial charge in [-0.15, -0.1) is 0 Å². The Bertz CT molecular complexity index is 546. The molecular weight excluding hydrogens is 363 g/mol. The fraction of sp³-hybridized carbons (Fsp3) is 0.0909. The van der Waals surface area contributed by atoms with Gasteiger partial charge in [0.05, 0.1) is 15.9 Å². The summed E-state index contributed by atoms with van der Waals surface area (Å²) in [5.41, 5.74) is -0.597. The van der Waals surface area contributed by atoms with Crippen LogP contribution in [0.3, 0.4) is 0 Å². The highest BCUT2D eigenvalue weighted by molar-refractivity contribution is 9.11. The van der Waals surface area contributed by atoms with Crippen molar-refractivity contribution < 1.29 is 13.2 Å². The van der Waals surface area contributed by atoms with Gasteiger partial charge >= 0.3 is 6.18 Å². The Labute approximate surface area is 113 Å². The second-order valence-electron chi connectivity index (χ2n) is 3.33. The lowest BCUT2D eigenvalue weighted by atomic mass is 10.1. The molecule has 0 atom stereocenters. The molecule has 2 aromatic rings. The molecule has 1 aromatic heterocycles. The van der Waals surface area contributed by atoms with Crippen LogP contribution in [0.2, 0.25) is 0 Å². The SMILES string of the molecule is FC(F)(F)c1cccc(Br)c1-n1cccc1Br. The molecule has 0 amide bonds. The van der Waals surface area contributed by atoms with Gasteiger partial charge < -0.3 is 4.57 Å². The van der Waals surface area contributed by atoms with Gasteiger partial charge in [0.15, 0.2) is 0 Å². The van der Waals surface area contributed by atoms with Gasteiger partial charge in [-0.25, -0.2) is 0 Å². The van der Waals surface area contributed by atoms with E-state index in [2.05, 4.69) is 31.9 Å². The van der Waals surface area contributed by atoms with Crippen LogP contribution in [0.1, 0.15) is 5.56 Å². The summed E-state index contributed by atoms with van der Waals surface area (Å²) in [6, 6.07) is 7.36. The van der Waals surface area contributed by atoms with E-state index in [0.717, 1.165) is 6.07 Å². The molecule has 0 N–H and O–H groups in total. The normalized spacial score (nSPS) is 11.8. The van der Waals surface area contributed by atoms with Crippen LogP contribution in [0.4, 0.5) is 13.2 Å². The van der Waals surface area contributed by atoms with Crippen molar-refractivity contribution >= 4 is 31.9 Å². The molecule has 0 spiro atoms. The minimum absolute atomic E-state index is 0.0804. The molecule has 17 heavy (non-hydrogen) atoms. The maximum Gasteiger partial charge on any atom is 0.418 e. The number of nitrogens with zero attached hydrogens (tertiary/aromatic N) is 1. The summed E-state index contributed by atoms with van der Waals surface area (Å²) in [5.74, 6) is 0. The van der Waals surface area contributed by atoms with E-state index in [1.165, 1.54) is 10.6 Å². The average Bonchev–Trinajstić information content (AvgIpc) is 2.62. The highest BCUT2D eigenvalue weighted by atomic mass is 79.9. The highest BCUT2D eigenvalue weighted by Gasteiger charge is 2.34. The van der Waals surface area contributed by atoms with Crippen LogP contribution in [-0.4, -0.2) is 4.57 Å². The van der Waals surface area contributed by atoms with Gasteiger partial charge in [0.2, 0.25) is 0 Å². The van der Waals surface area contributed by atoms with Crippen molar-refractivity contribution in [1.82, 2.24) is 4.57 Å². The number of alkyl halides is 3. The summed E-state index contributed by atoms with van der Waals surface area (Å²) >= 11 is 6.37. The van der Waals surface area contributed by atoms with Gasteiger partial charge in [-0.1, -0.05) is 6.07 Å². The van der Waals surface area contributed by atoms with Gasteiger partial charge in [0.1, 0.15) is 0 Å². The molecule has 0 aliphatic heterocycles. The Kier molecular flexibility index (Phi) is 3.36. The topological polar surface area (TPSA) is 4.93 Å². The molecule has 1 nitrogen and oxygen atoms in total. The third kappa shape index (κ3) is 2.42. The van der Waals surface area contributed by atoms with E-state index in [1.807, 2.05) is 0 Å². The molecule has 0 aliphatic rings. The number of rotatable bonds is 1. The number of hydrogen-bond acceptors (Lipinski definition) is 0. The summed E-state index contributed by atoms with van der Waals surface area (Å²) in [7, 11) is 0. The Morgan fingerprint density at radius 3 is 2.24 bits per heavy atom. The number of aromatic nitrogens is 1. The van der Waals surface area contributed by atoms with E-state index in [9.17, 15) is 13.2 Å². The molecule has 0 fully saturated rings. The predicted octanol–water partition coefficient (Wildman–Crippen LogP) is 5.02. The van der Waals surface area contributed by atoms with Gasteiger partial charge in [-0.2, -0.15) is 13.2 Å². The second-order valence-corrected chi connectivity index (χ2v) is 5.00. The van der Waals surface area contributed by atoms with Gasteiger partial charge in [0, 0.05) is 10.7 Å². The number of para-hydroxylation sites is 1. The monoisotopic (exact) mass is 367 g/mol. The van der Waals surface area contributed by atoms with Crippen molar-refractivity contribution in [3.63, 3.8) is 0 Å². The fourth-order valence-electron chi connectivity index (χ4n) is 1.53. The molecule has 90 valence electrons. The third-order valence-electron chi connectivity index (χ3n) is 2.23. The zero-order valence-electron chi connectivity index (χ0n) is 8.30. The minimum Gasteiger partial charge on any atom is -0.309 e. The molecule has 0 saturated heterocycles. The first kappa shape index (κ1) is 12.7. The third-order valence-corrected chi connectivity index (χ3v) is 3.52. The van der Waals surface area contributed by atoms with E-state index in [1.54, 1.807) is 24.4 Å². The molecule has 0 bridgehead atoms. The van der Waals surface area contributed by atoms with Crippen LogP contribution in [0.25, 0.3) is 5.69 Å². The highest BCUT2D eigenvalue weighted by Crippen LogP contribution is 2.38. The van der Waals surface area contributed by atoms with Crippen molar-refractivity contribution in [3.05, 3.63) is 51.2 Å². The van der Waals surface area contributed by atoms with Crippen LogP contribution in [0.15, 0.2) is 45.6 Å². The molecule has 0 aliphatic carbocycles. The Morgan fingerprint density at radius 1 is 1.00 bits per heavy atom. The Morgan fingerprint density at radius 2 is 1.71 bits per heavy atom. The molecule has 2 rings (SSSR count). The first-order valence-electron chi connectivity index (χ1n) is 4.60. The van der Waals surface area contributed by atoms with E-state index >= 15 is 0 Å². The largest absolute Gasteiger partial charge is 0.418 e. The fourth-order valence-corrected chi connectivity index (χ4v) is 2.54. The Hall–Kier alpha value is -0.750. The molecule has 1 heterocycles. The molecule has 0 saturated carbocycles. The number of hydrogen-bond donors (Lipinski definition) is 0. The minimum atomic E-state index is -4.39. The molecule has 6 heteroatoms. The van der Waals surface area contributed by atoms with Gasteiger partial charge in [0.25, 0.3) is 0 Å². The van der Waals surface area contributed by atoms with Crippen molar-refractivity contribution in [2.45, 2.75) is 6.18 Å². The van der Waals surface area contributed by atoms with Crippen LogP contribution in [0.5, 0.6) is 0 Å². The zero-order valence-corrected chi connectivity index (χ0v) is 11.5. The van der Waals surface area contributed by atoms with Crippen LogP contribution < -0.4 is 0 Å². The lowest BCUT2D eigenvalue weighted by molar-refractivity contribution is -0.137. The lowest BCUT2D eigenvalue weighted by Gasteiger charge is -2.16. The maximum absolute atomic E-state index is 12.9. The van der Waals surface area contributed by atoms with Crippen molar-refractivity contribution in [2.24, 2.45) is 0 Å². The quantitative estimate of drug-likeness (QED) is 0.665. The predicted molar refractivity (Wildman–Crippen MR) is 66.2 cm³/mol. The van der Waals surface area contributed by atoms with E-state index in [-0.39, 0.29) is 5.69 Å². The molecular formula is C11H6Br2F3N. The second kappa shape index (κ2) is 4.49.